The standard InChI is InChI=1S/C17H26N2O4S/c1-4-12-24(21,22)19-10-8-18(9-11-19)17(20)15-6-7-16(23-5-2)14(3)13-15/h6-7,13H,4-5,8-12H2,1-3H3. The maximum Gasteiger partial charge on any atom is 0.253 e. The Kier molecular flexibility index (Phi) is 6.23. The van der Waals surface area contributed by atoms with Crippen LogP contribution in [0.3, 0.4) is 0 Å². The lowest BCUT2D eigenvalue weighted by atomic mass is 10.1. The van der Waals surface area contributed by atoms with Gasteiger partial charge in [-0.05, 0) is 44.0 Å². The third-order valence-corrected chi connectivity index (χ3v) is 6.18. The van der Waals surface area contributed by atoms with E-state index in [1.165, 1.54) is 4.31 Å². The van der Waals surface area contributed by atoms with E-state index in [-0.39, 0.29) is 11.7 Å². The number of aryl methyl sites for hydroxylation is 1. The molecule has 24 heavy (non-hydrogen) atoms. The number of piperazine rings is 1. The van der Waals surface area contributed by atoms with E-state index in [1.54, 1.807) is 11.0 Å². The molecule has 134 valence electrons. The first-order valence-electron chi connectivity index (χ1n) is 8.39. The number of nitrogens with zero attached hydrogens (tertiary/aromatic N) is 2. The van der Waals surface area contributed by atoms with Crippen LogP contribution in [0.1, 0.15) is 36.2 Å². The minimum atomic E-state index is -3.19. The van der Waals surface area contributed by atoms with E-state index >= 15 is 0 Å². The number of rotatable bonds is 6. The third-order valence-electron chi connectivity index (χ3n) is 4.10. The number of carbonyl (C=O) groups excluding carboxylic acids is 1. The van der Waals surface area contributed by atoms with Crippen LogP contribution in [0.25, 0.3) is 0 Å². The molecule has 1 amide bonds. The summed E-state index contributed by atoms with van der Waals surface area (Å²) in [6.45, 7) is 7.85. The molecule has 0 unspecified atom stereocenters. The highest BCUT2D eigenvalue weighted by Crippen LogP contribution is 2.21. The molecule has 1 aliphatic rings. The molecule has 0 radical (unpaired) electrons. The lowest BCUT2D eigenvalue weighted by Gasteiger charge is -2.34. The number of sulfonamides is 1. The van der Waals surface area contributed by atoms with Gasteiger partial charge in [0, 0.05) is 31.7 Å². The first kappa shape index (κ1) is 18.7. The second-order valence-corrected chi connectivity index (χ2v) is 8.01. The Morgan fingerprint density at radius 2 is 1.83 bits per heavy atom. The summed E-state index contributed by atoms with van der Waals surface area (Å²) in [4.78, 5) is 14.3. The molecule has 1 aromatic rings. The molecular weight excluding hydrogens is 328 g/mol. The number of hydrogen-bond acceptors (Lipinski definition) is 4. The Hall–Kier alpha value is -1.60. The molecule has 1 aliphatic heterocycles. The zero-order valence-corrected chi connectivity index (χ0v) is 15.4. The van der Waals surface area contributed by atoms with E-state index in [1.807, 2.05) is 32.9 Å². The zero-order valence-electron chi connectivity index (χ0n) is 14.6. The van der Waals surface area contributed by atoms with Crippen LogP contribution in [0.5, 0.6) is 5.75 Å². The van der Waals surface area contributed by atoms with E-state index in [0.29, 0.717) is 44.8 Å². The molecule has 0 atom stereocenters. The van der Waals surface area contributed by atoms with Crippen LogP contribution in [0.15, 0.2) is 18.2 Å². The molecule has 1 heterocycles. The summed E-state index contributed by atoms with van der Waals surface area (Å²) in [5, 5.41) is 0. The van der Waals surface area contributed by atoms with Crippen LogP contribution >= 0.6 is 0 Å². The molecule has 1 saturated heterocycles. The van der Waals surface area contributed by atoms with Crippen molar-refractivity contribution in [1.29, 1.82) is 0 Å². The van der Waals surface area contributed by atoms with Crippen LogP contribution in [0.4, 0.5) is 0 Å². The topological polar surface area (TPSA) is 66.9 Å². The Bertz CT molecular complexity index is 680. The van der Waals surface area contributed by atoms with Gasteiger partial charge in [0.2, 0.25) is 10.0 Å². The Balaban J connectivity index is 2.01. The lowest BCUT2D eigenvalue weighted by molar-refractivity contribution is 0.0698. The van der Waals surface area contributed by atoms with Crippen LogP contribution in [-0.2, 0) is 10.0 Å². The fourth-order valence-electron chi connectivity index (χ4n) is 2.84. The number of carbonyl (C=O) groups is 1. The predicted octanol–water partition coefficient (Wildman–Crippen LogP) is 1.89. The van der Waals surface area contributed by atoms with Gasteiger partial charge in [0.25, 0.3) is 5.91 Å². The first-order chi connectivity index (χ1) is 11.4. The van der Waals surface area contributed by atoms with Gasteiger partial charge in [-0.25, -0.2) is 8.42 Å². The van der Waals surface area contributed by atoms with Crippen LogP contribution < -0.4 is 4.74 Å². The molecular formula is C17H26N2O4S. The molecule has 1 fully saturated rings. The van der Waals surface area contributed by atoms with Crippen molar-refractivity contribution in [3.63, 3.8) is 0 Å². The maximum atomic E-state index is 12.6. The van der Waals surface area contributed by atoms with Gasteiger partial charge in [-0.15, -0.1) is 0 Å². The second kappa shape index (κ2) is 7.98. The predicted molar refractivity (Wildman–Crippen MR) is 93.9 cm³/mol. The second-order valence-electron chi connectivity index (χ2n) is 5.92. The van der Waals surface area contributed by atoms with Gasteiger partial charge in [-0.3, -0.25) is 4.79 Å². The largest absolute Gasteiger partial charge is 0.494 e. The van der Waals surface area contributed by atoms with Crippen LogP contribution in [-0.4, -0.2) is 62.1 Å². The van der Waals surface area contributed by atoms with E-state index in [4.69, 9.17) is 4.74 Å². The average molecular weight is 354 g/mol. The van der Waals surface area contributed by atoms with Gasteiger partial charge < -0.3 is 9.64 Å². The van der Waals surface area contributed by atoms with Crippen LogP contribution in [0.2, 0.25) is 0 Å². The normalized spacial score (nSPS) is 16.2. The molecule has 6 nitrogen and oxygen atoms in total. The van der Waals surface area contributed by atoms with Gasteiger partial charge in [0.1, 0.15) is 5.75 Å². The van der Waals surface area contributed by atoms with E-state index in [0.717, 1.165) is 11.3 Å². The number of amides is 1. The molecule has 0 saturated carbocycles. The molecule has 0 aromatic heterocycles. The number of hydrogen-bond donors (Lipinski definition) is 0. The smallest absolute Gasteiger partial charge is 0.253 e. The minimum Gasteiger partial charge on any atom is -0.494 e. The highest BCUT2D eigenvalue weighted by molar-refractivity contribution is 7.89. The third kappa shape index (κ3) is 4.27. The molecule has 0 bridgehead atoms. The van der Waals surface area contributed by atoms with Crippen molar-refractivity contribution in [2.45, 2.75) is 27.2 Å². The van der Waals surface area contributed by atoms with E-state index < -0.39 is 10.0 Å². The summed E-state index contributed by atoms with van der Waals surface area (Å²) in [5.74, 6) is 0.886. The Morgan fingerprint density at radius 3 is 2.38 bits per heavy atom. The zero-order chi connectivity index (χ0) is 17.7. The fraction of sp³-hybridized carbons (Fsp3) is 0.588. The van der Waals surface area contributed by atoms with Crippen molar-refractivity contribution in [2.24, 2.45) is 0 Å². The van der Waals surface area contributed by atoms with Crippen molar-refractivity contribution >= 4 is 15.9 Å². The SMILES string of the molecule is CCCS(=O)(=O)N1CCN(C(=O)c2ccc(OCC)c(C)c2)CC1. The quantitative estimate of drug-likeness (QED) is 0.782. The molecule has 0 spiro atoms. The average Bonchev–Trinajstić information content (AvgIpc) is 2.56. The van der Waals surface area contributed by atoms with Crippen molar-refractivity contribution in [2.75, 3.05) is 38.5 Å². The molecule has 0 N–H and O–H groups in total. The van der Waals surface area contributed by atoms with Gasteiger partial charge in [-0.2, -0.15) is 4.31 Å². The molecule has 7 heteroatoms. The number of ether oxygens (including phenoxy) is 1. The van der Waals surface area contributed by atoms with Crippen molar-refractivity contribution in [3.05, 3.63) is 29.3 Å². The molecule has 1 aromatic carbocycles. The summed E-state index contributed by atoms with van der Waals surface area (Å²) in [7, 11) is -3.19. The van der Waals surface area contributed by atoms with Crippen molar-refractivity contribution < 1.29 is 17.9 Å². The van der Waals surface area contributed by atoms with Gasteiger partial charge in [-0.1, -0.05) is 6.92 Å². The first-order valence-corrected chi connectivity index (χ1v) is 10.0. The summed E-state index contributed by atoms with van der Waals surface area (Å²) in [5.41, 5.74) is 1.53. The van der Waals surface area contributed by atoms with Crippen molar-refractivity contribution in [1.82, 2.24) is 9.21 Å². The Labute approximate surface area is 144 Å². The minimum absolute atomic E-state index is 0.0614. The van der Waals surface area contributed by atoms with Gasteiger partial charge in [0.05, 0.1) is 12.4 Å². The molecule has 0 aliphatic carbocycles. The van der Waals surface area contributed by atoms with E-state index in [9.17, 15) is 13.2 Å². The lowest BCUT2D eigenvalue weighted by Crippen LogP contribution is -2.51. The van der Waals surface area contributed by atoms with E-state index in [2.05, 4.69) is 0 Å². The van der Waals surface area contributed by atoms with Gasteiger partial charge >= 0.3 is 0 Å². The maximum absolute atomic E-state index is 12.6. The summed E-state index contributed by atoms with van der Waals surface area (Å²) >= 11 is 0. The van der Waals surface area contributed by atoms with Crippen molar-refractivity contribution in [3.8, 4) is 5.75 Å². The summed E-state index contributed by atoms with van der Waals surface area (Å²) < 4.78 is 31.2. The van der Waals surface area contributed by atoms with Gasteiger partial charge in [0.15, 0.2) is 0 Å². The molecule has 2 rings (SSSR count). The Morgan fingerprint density at radius 1 is 1.17 bits per heavy atom. The highest BCUT2D eigenvalue weighted by Gasteiger charge is 2.28. The fourth-order valence-corrected chi connectivity index (χ4v) is 4.33. The summed E-state index contributed by atoms with van der Waals surface area (Å²) in [6, 6.07) is 5.40. The van der Waals surface area contributed by atoms with Crippen LogP contribution in [0, 0.1) is 6.92 Å². The summed E-state index contributed by atoms with van der Waals surface area (Å²) in [6.07, 6.45) is 0.604. The number of benzene rings is 1. The highest BCUT2D eigenvalue weighted by atomic mass is 32.2. The monoisotopic (exact) mass is 354 g/mol.